The highest BCUT2D eigenvalue weighted by atomic mass is 32.2. The molecule has 0 bridgehead atoms. The Bertz CT molecular complexity index is 967. The third-order valence-corrected chi connectivity index (χ3v) is 7.05. The second kappa shape index (κ2) is 6.33. The van der Waals surface area contributed by atoms with E-state index in [1.807, 2.05) is 11.8 Å². The van der Waals surface area contributed by atoms with Gasteiger partial charge in [0.05, 0.1) is 5.69 Å². The van der Waals surface area contributed by atoms with Crippen molar-refractivity contribution in [3.8, 4) is 0 Å². The number of likely N-dealkylation sites (N-methyl/N-ethyl adjacent to an activating group) is 2. The Morgan fingerprint density at radius 2 is 1.77 bits per heavy atom. The van der Waals surface area contributed by atoms with Gasteiger partial charge in [0, 0.05) is 35.3 Å². The predicted molar refractivity (Wildman–Crippen MR) is 112 cm³/mol. The number of para-hydroxylation sites is 1. The van der Waals surface area contributed by atoms with E-state index in [-0.39, 0.29) is 0 Å². The molecule has 2 unspecified atom stereocenters. The first-order valence-corrected chi connectivity index (χ1v) is 10.2. The predicted octanol–water partition coefficient (Wildman–Crippen LogP) is 5.23. The number of rotatable bonds is 2. The average molecular weight is 361 g/mol. The number of piperidine rings is 1. The van der Waals surface area contributed by atoms with Gasteiger partial charge < -0.3 is 9.80 Å². The van der Waals surface area contributed by atoms with Gasteiger partial charge in [-0.1, -0.05) is 54.2 Å². The molecule has 3 aromatic rings. The maximum atomic E-state index is 2.55. The fourth-order valence-electron chi connectivity index (χ4n) is 4.69. The Morgan fingerprint density at radius 3 is 2.65 bits per heavy atom. The summed E-state index contributed by atoms with van der Waals surface area (Å²) in [4.78, 5) is 7.73. The van der Waals surface area contributed by atoms with Crippen LogP contribution in [0.3, 0.4) is 0 Å². The summed E-state index contributed by atoms with van der Waals surface area (Å²) in [6.07, 6.45) is 1.26. The van der Waals surface area contributed by atoms with Crippen molar-refractivity contribution in [1.82, 2.24) is 4.90 Å². The number of hydrogen-bond acceptors (Lipinski definition) is 3. The van der Waals surface area contributed by atoms with Crippen molar-refractivity contribution >= 4 is 28.2 Å². The quantitative estimate of drug-likeness (QED) is 0.618. The molecule has 132 valence electrons. The van der Waals surface area contributed by atoms with Crippen molar-refractivity contribution in [3.05, 3.63) is 66.2 Å². The minimum Gasteiger partial charge on any atom is -0.370 e. The average Bonchev–Trinajstić information content (AvgIpc) is 2.94. The van der Waals surface area contributed by atoms with Gasteiger partial charge in [-0.05, 0) is 54.5 Å². The smallest absolute Gasteiger partial charge is 0.0544 e. The molecule has 0 aromatic heterocycles. The van der Waals surface area contributed by atoms with Crippen molar-refractivity contribution in [3.63, 3.8) is 0 Å². The van der Waals surface area contributed by atoms with Crippen molar-refractivity contribution in [2.45, 2.75) is 28.2 Å². The van der Waals surface area contributed by atoms with Crippen molar-refractivity contribution in [2.24, 2.45) is 0 Å². The number of anilines is 1. The molecular formula is C23H24N2S. The van der Waals surface area contributed by atoms with Crippen LogP contribution >= 0.6 is 11.8 Å². The van der Waals surface area contributed by atoms with E-state index >= 15 is 0 Å². The van der Waals surface area contributed by atoms with Gasteiger partial charge in [0.15, 0.2) is 0 Å². The summed E-state index contributed by atoms with van der Waals surface area (Å²) in [7, 11) is 4.54. The summed E-state index contributed by atoms with van der Waals surface area (Å²) >= 11 is 1.90. The molecule has 5 rings (SSSR count). The SMILES string of the molecule is CN1CCC2C(C1)c1cccc(Sc3ccc4ccccc4c3)c1N2C. The molecule has 2 aliphatic heterocycles. The minimum atomic E-state index is 0.644. The molecule has 2 nitrogen and oxygen atoms in total. The van der Waals surface area contributed by atoms with Crippen LogP contribution in [0.25, 0.3) is 10.8 Å². The van der Waals surface area contributed by atoms with Crippen LogP contribution in [0.1, 0.15) is 17.9 Å². The van der Waals surface area contributed by atoms with Crippen LogP contribution < -0.4 is 4.90 Å². The van der Waals surface area contributed by atoms with Crippen LogP contribution in [0.2, 0.25) is 0 Å². The molecule has 0 aliphatic carbocycles. The normalized spacial score (nSPS) is 22.5. The van der Waals surface area contributed by atoms with E-state index in [2.05, 4.69) is 84.6 Å². The molecule has 1 fully saturated rings. The zero-order chi connectivity index (χ0) is 17.7. The van der Waals surface area contributed by atoms with Crippen LogP contribution in [0, 0.1) is 0 Å². The molecule has 0 saturated carbocycles. The minimum absolute atomic E-state index is 0.644. The van der Waals surface area contributed by atoms with Gasteiger partial charge in [0.25, 0.3) is 0 Å². The van der Waals surface area contributed by atoms with E-state index in [0.29, 0.717) is 12.0 Å². The van der Waals surface area contributed by atoms with Crippen molar-refractivity contribution in [1.29, 1.82) is 0 Å². The maximum absolute atomic E-state index is 2.55. The van der Waals surface area contributed by atoms with Gasteiger partial charge in [-0.15, -0.1) is 0 Å². The van der Waals surface area contributed by atoms with Crippen LogP contribution in [-0.2, 0) is 0 Å². The fourth-order valence-corrected chi connectivity index (χ4v) is 5.77. The summed E-state index contributed by atoms with van der Waals surface area (Å²) in [6.45, 7) is 2.37. The highest BCUT2D eigenvalue weighted by molar-refractivity contribution is 7.99. The van der Waals surface area contributed by atoms with Gasteiger partial charge in [-0.2, -0.15) is 0 Å². The largest absolute Gasteiger partial charge is 0.370 e. The van der Waals surface area contributed by atoms with Gasteiger partial charge in [0.2, 0.25) is 0 Å². The van der Waals surface area contributed by atoms with Crippen LogP contribution in [-0.4, -0.2) is 38.1 Å². The van der Waals surface area contributed by atoms with Gasteiger partial charge in [0.1, 0.15) is 0 Å². The third-order valence-electron chi connectivity index (χ3n) is 6.01. The van der Waals surface area contributed by atoms with E-state index in [1.165, 1.54) is 51.3 Å². The Hall–Kier alpha value is -1.97. The zero-order valence-corrected chi connectivity index (χ0v) is 16.2. The summed E-state index contributed by atoms with van der Waals surface area (Å²) < 4.78 is 0. The zero-order valence-electron chi connectivity index (χ0n) is 15.4. The number of hydrogen-bond donors (Lipinski definition) is 0. The molecule has 0 spiro atoms. The van der Waals surface area contributed by atoms with Crippen molar-refractivity contribution < 1.29 is 0 Å². The molecule has 26 heavy (non-hydrogen) atoms. The number of benzene rings is 3. The fraction of sp³-hybridized carbons (Fsp3) is 0.304. The van der Waals surface area contributed by atoms with E-state index in [0.717, 1.165) is 0 Å². The molecule has 3 aromatic carbocycles. The molecule has 1 saturated heterocycles. The summed E-state index contributed by atoms with van der Waals surface area (Å²) in [5, 5.41) is 2.62. The first-order valence-electron chi connectivity index (χ1n) is 9.41. The summed E-state index contributed by atoms with van der Waals surface area (Å²) in [6, 6.07) is 22.9. The van der Waals surface area contributed by atoms with E-state index in [9.17, 15) is 0 Å². The molecule has 2 heterocycles. The molecule has 3 heteroatoms. The van der Waals surface area contributed by atoms with Gasteiger partial charge >= 0.3 is 0 Å². The second-order valence-corrected chi connectivity index (χ2v) is 8.76. The standard InChI is InChI=1S/C23H24N2S/c1-24-13-12-21-20(15-24)19-8-5-9-22(23(19)25(21)2)26-18-11-10-16-6-3-4-7-17(16)14-18/h3-11,14,20-21H,12-13,15H2,1-2H3. The van der Waals surface area contributed by atoms with Crippen LogP contribution in [0.15, 0.2) is 70.5 Å². The monoisotopic (exact) mass is 360 g/mol. The highest BCUT2D eigenvalue weighted by Gasteiger charge is 2.40. The van der Waals surface area contributed by atoms with Crippen molar-refractivity contribution in [2.75, 3.05) is 32.1 Å². The molecule has 0 amide bonds. The number of likely N-dealkylation sites (tertiary alicyclic amines) is 1. The first-order chi connectivity index (χ1) is 12.7. The number of nitrogens with zero attached hydrogens (tertiary/aromatic N) is 2. The molecule has 0 radical (unpaired) electrons. The first kappa shape index (κ1) is 16.2. The lowest BCUT2D eigenvalue weighted by Gasteiger charge is -2.35. The molecule has 2 atom stereocenters. The summed E-state index contributed by atoms with van der Waals surface area (Å²) in [5.41, 5.74) is 2.99. The van der Waals surface area contributed by atoms with E-state index in [1.54, 1.807) is 0 Å². The molecule has 0 N–H and O–H groups in total. The lowest BCUT2D eigenvalue weighted by atomic mass is 9.89. The lowest BCUT2D eigenvalue weighted by molar-refractivity contribution is 0.234. The lowest BCUT2D eigenvalue weighted by Crippen LogP contribution is -2.43. The van der Waals surface area contributed by atoms with Crippen LogP contribution in [0.4, 0.5) is 5.69 Å². The van der Waals surface area contributed by atoms with E-state index in [4.69, 9.17) is 0 Å². The topological polar surface area (TPSA) is 6.48 Å². The molecular weight excluding hydrogens is 336 g/mol. The maximum Gasteiger partial charge on any atom is 0.0544 e. The summed E-state index contributed by atoms with van der Waals surface area (Å²) in [5.74, 6) is 0.644. The Labute approximate surface area is 159 Å². The van der Waals surface area contributed by atoms with Gasteiger partial charge in [-0.3, -0.25) is 0 Å². The second-order valence-electron chi connectivity index (χ2n) is 7.64. The van der Waals surface area contributed by atoms with Crippen LogP contribution in [0.5, 0.6) is 0 Å². The van der Waals surface area contributed by atoms with E-state index < -0.39 is 0 Å². The molecule has 2 aliphatic rings. The Kier molecular flexibility index (Phi) is 3.95. The van der Waals surface area contributed by atoms with Gasteiger partial charge in [-0.25, -0.2) is 0 Å². The Balaban J connectivity index is 1.53. The third kappa shape index (κ3) is 2.62. The number of fused-ring (bicyclic) bond motifs is 4. The Morgan fingerprint density at radius 1 is 0.923 bits per heavy atom. The highest BCUT2D eigenvalue weighted by Crippen LogP contribution is 2.49.